The van der Waals surface area contributed by atoms with Gasteiger partial charge in [0.25, 0.3) is 0 Å². The number of carbonyl (C=O) groups is 1. The smallest absolute Gasteiger partial charge is 0.355 e. The highest BCUT2D eigenvalue weighted by Crippen LogP contribution is 2.13. The molecule has 0 saturated carbocycles. The van der Waals surface area contributed by atoms with Gasteiger partial charge in [0.2, 0.25) is 0 Å². The summed E-state index contributed by atoms with van der Waals surface area (Å²) in [6.07, 6.45) is 1.90. The maximum atomic E-state index is 11.1. The highest BCUT2D eigenvalue weighted by atomic mass is 16.5. The molecule has 11 heavy (non-hydrogen) atoms. The van der Waals surface area contributed by atoms with Crippen molar-refractivity contribution in [3.05, 3.63) is 24.0 Å². The molecule has 1 unspecified atom stereocenters. The van der Waals surface area contributed by atoms with Gasteiger partial charge in [0.15, 0.2) is 0 Å². The summed E-state index contributed by atoms with van der Waals surface area (Å²) in [6.45, 7) is 2.66. The van der Waals surface area contributed by atoms with Gasteiger partial charge in [0, 0.05) is 6.20 Å². The monoisotopic (exact) mass is 151 g/mol. The second kappa shape index (κ2) is 2.12. The molecular formula is C8H9NO2. The summed E-state index contributed by atoms with van der Waals surface area (Å²) >= 11 is 0. The number of ether oxygens (including phenoxy) is 1. The molecule has 0 fully saturated rings. The van der Waals surface area contributed by atoms with Gasteiger partial charge in [-0.15, -0.1) is 0 Å². The van der Waals surface area contributed by atoms with Gasteiger partial charge in [-0.2, -0.15) is 0 Å². The van der Waals surface area contributed by atoms with Crippen LogP contribution in [0.1, 0.15) is 17.4 Å². The number of esters is 1. The number of fused-ring (bicyclic) bond motifs is 1. The first kappa shape index (κ1) is 6.46. The minimum absolute atomic E-state index is 0.00222. The molecule has 1 aliphatic heterocycles. The molecule has 1 atom stereocenters. The van der Waals surface area contributed by atoms with Gasteiger partial charge in [0.1, 0.15) is 11.8 Å². The topological polar surface area (TPSA) is 31.2 Å². The molecule has 2 heterocycles. The van der Waals surface area contributed by atoms with Crippen LogP contribution in [-0.4, -0.2) is 16.6 Å². The Morgan fingerprint density at radius 1 is 1.73 bits per heavy atom. The van der Waals surface area contributed by atoms with Crippen molar-refractivity contribution in [1.29, 1.82) is 0 Å². The average molecular weight is 151 g/mol. The molecule has 58 valence electrons. The van der Waals surface area contributed by atoms with Crippen LogP contribution >= 0.6 is 0 Å². The van der Waals surface area contributed by atoms with Crippen LogP contribution in [0.4, 0.5) is 0 Å². The van der Waals surface area contributed by atoms with Gasteiger partial charge in [-0.3, -0.25) is 0 Å². The van der Waals surface area contributed by atoms with E-state index in [1.807, 2.05) is 23.8 Å². The molecule has 0 amide bonds. The third kappa shape index (κ3) is 0.926. The summed E-state index contributed by atoms with van der Waals surface area (Å²) in [7, 11) is 0. The largest absolute Gasteiger partial charge is 0.456 e. The predicted octanol–water partition coefficient (Wildman–Crippen LogP) is 1.05. The third-order valence-electron chi connectivity index (χ3n) is 1.80. The van der Waals surface area contributed by atoms with E-state index in [0.29, 0.717) is 5.69 Å². The normalized spacial score (nSPS) is 22.6. The summed E-state index contributed by atoms with van der Waals surface area (Å²) in [4.78, 5) is 11.1. The Balaban J connectivity index is 2.44. The zero-order valence-electron chi connectivity index (χ0n) is 6.28. The van der Waals surface area contributed by atoms with Crippen molar-refractivity contribution in [1.82, 2.24) is 4.57 Å². The SMILES string of the molecule is CC1Cn2cccc2C(=O)O1. The highest BCUT2D eigenvalue weighted by Gasteiger charge is 2.21. The number of hydrogen-bond acceptors (Lipinski definition) is 2. The van der Waals surface area contributed by atoms with Gasteiger partial charge in [0.05, 0.1) is 6.54 Å². The molecule has 0 N–H and O–H groups in total. The first-order valence-corrected chi connectivity index (χ1v) is 3.63. The second-order valence-electron chi connectivity index (χ2n) is 2.76. The van der Waals surface area contributed by atoms with Crippen LogP contribution in [0.25, 0.3) is 0 Å². The van der Waals surface area contributed by atoms with E-state index < -0.39 is 0 Å². The van der Waals surface area contributed by atoms with Crippen LogP contribution in [0.15, 0.2) is 18.3 Å². The summed E-state index contributed by atoms with van der Waals surface area (Å²) in [5, 5.41) is 0. The molecule has 3 nitrogen and oxygen atoms in total. The van der Waals surface area contributed by atoms with Crippen molar-refractivity contribution in [3.8, 4) is 0 Å². The lowest BCUT2D eigenvalue weighted by molar-refractivity contribution is 0.0213. The van der Waals surface area contributed by atoms with Crippen LogP contribution in [0.2, 0.25) is 0 Å². The van der Waals surface area contributed by atoms with E-state index in [1.54, 1.807) is 6.07 Å². The summed E-state index contributed by atoms with van der Waals surface area (Å²) in [5.41, 5.74) is 0.656. The standard InChI is InChI=1S/C8H9NO2/c1-6-5-9-4-2-3-7(9)8(10)11-6/h2-4,6H,5H2,1H3. The molecule has 0 saturated heterocycles. The first-order valence-electron chi connectivity index (χ1n) is 3.63. The van der Waals surface area contributed by atoms with Crippen LogP contribution in [0.5, 0.6) is 0 Å². The average Bonchev–Trinajstić information content (AvgIpc) is 2.34. The zero-order chi connectivity index (χ0) is 7.84. The molecule has 0 aliphatic carbocycles. The molecule has 1 aromatic heterocycles. The van der Waals surface area contributed by atoms with E-state index in [4.69, 9.17) is 4.74 Å². The van der Waals surface area contributed by atoms with E-state index in [1.165, 1.54) is 0 Å². The van der Waals surface area contributed by atoms with Crippen molar-refractivity contribution >= 4 is 5.97 Å². The maximum absolute atomic E-state index is 11.1. The number of aromatic nitrogens is 1. The Morgan fingerprint density at radius 3 is 3.36 bits per heavy atom. The predicted molar refractivity (Wildman–Crippen MR) is 39.3 cm³/mol. The zero-order valence-corrected chi connectivity index (χ0v) is 6.28. The summed E-state index contributed by atoms with van der Waals surface area (Å²) in [6, 6.07) is 3.63. The van der Waals surface area contributed by atoms with Crippen molar-refractivity contribution in [2.45, 2.75) is 19.6 Å². The maximum Gasteiger partial charge on any atom is 0.355 e. The van der Waals surface area contributed by atoms with Gasteiger partial charge in [-0.05, 0) is 19.1 Å². The Labute approximate surface area is 64.6 Å². The third-order valence-corrected chi connectivity index (χ3v) is 1.80. The van der Waals surface area contributed by atoms with Crippen LogP contribution < -0.4 is 0 Å². The Kier molecular flexibility index (Phi) is 1.24. The quantitative estimate of drug-likeness (QED) is 0.519. The fourth-order valence-electron chi connectivity index (χ4n) is 1.32. The highest BCUT2D eigenvalue weighted by molar-refractivity contribution is 5.88. The Bertz CT molecular complexity index is 290. The van der Waals surface area contributed by atoms with Crippen molar-refractivity contribution < 1.29 is 9.53 Å². The summed E-state index contributed by atoms with van der Waals surface area (Å²) in [5.74, 6) is -0.214. The second-order valence-corrected chi connectivity index (χ2v) is 2.76. The molecule has 1 aromatic rings. The number of hydrogen-bond donors (Lipinski definition) is 0. The molecule has 0 spiro atoms. The van der Waals surface area contributed by atoms with E-state index in [9.17, 15) is 4.79 Å². The minimum atomic E-state index is -0.214. The summed E-state index contributed by atoms with van der Waals surface area (Å²) < 4.78 is 6.92. The van der Waals surface area contributed by atoms with E-state index >= 15 is 0 Å². The number of rotatable bonds is 0. The molecule has 0 bridgehead atoms. The van der Waals surface area contributed by atoms with Gasteiger partial charge < -0.3 is 9.30 Å². The Morgan fingerprint density at radius 2 is 2.55 bits per heavy atom. The lowest BCUT2D eigenvalue weighted by Crippen LogP contribution is -2.28. The lowest BCUT2D eigenvalue weighted by Gasteiger charge is -2.21. The molecular weight excluding hydrogens is 142 g/mol. The minimum Gasteiger partial charge on any atom is -0.456 e. The van der Waals surface area contributed by atoms with Crippen LogP contribution in [-0.2, 0) is 11.3 Å². The fraction of sp³-hybridized carbons (Fsp3) is 0.375. The van der Waals surface area contributed by atoms with E-state index in [0.717, 1.165) is 6.54 Å². The fourth-order valence-corrected chi connectivity index (χ4v) is 1.32. The first-order chi connectivity index (χ1) is 5.27. The van der Waals surface area contributed by atoms with E-state index in [2.05, 4.69) is 0 Å². The number of cyclic esters (lactones) is 1. The molecule has 0 aromatic carbocycles. The van der Waals surface area contributed by atoms with Crippen molar-refractivity contribution in [3.63, 3.8) is 0 Å². The molecule has 3 heteroatoms. The van der Waals surface area contributed by atoms with Gasteiger partial charge in [-0.25, -0.2) is 4.79 Å². The van der Waals surface area contributed by atoms with Gasteiger partial charge >= 0.3 is 5.97 Å². The van der Waals surface area contributed by atoms with Crippen LogP contribution in [0, 0.1) is 0 Å². The van der Waals surface area contributed by atoms with Crippen molar-refractivity contribution in [2.24, 2.45) is 0 Å². The number of nitrogens with zero attached hydrogens (tertiary/aromatic N) is 1. The van der Waals surface area contributed by atoms with E-state index in [-0.39, 0.29) is 12.1 Å². The van der Waals surface area contributed by atoms with Crippen LogP contribution in [0.3, 0.4) is 0 Å². The number of carbonyl (C=O) groups excluding carboxylic acids is 1. The Hall–Kier alpha value is -1.25. The molecule has 0 radical (unpaired) electrons. The molecule has 2 rings (SSSR count). The molecule has 1 aliphatic rings. The van der Waals surface area contributed by atoms with Crippen molar-refractivity contribution in [2.75, 3.05) is 0 Å². The van der Waals surface area contributed by atoms with Gasteiger partial charge in [-0.1, -0.05) is 0 Å². The lowest BCUT2D eigenvalue weighted by atomic mass is 10.3.